The lowest BCUT2D eigenvalue weighted by Gasteiger charge is -2.48. The molecule has 2 aliphatic rings. The van der Waals surface area contributed by atoms with Crippen LogP contribution in [0.15, 0.2) is 59.3 Å². The first kappa shape index (κ1) is 24.5. The van der Waals surface area contributed by atoms with Crippen LogP contribution in [0.4, 0.5) is 4.39 Å². The molecule has 192 valence electrons. The van der Waals surface area contributed by atoms with Crippen molar-refractivity contribution in [2.75, 3.05) is 13.1 Å². The van der Waals surface area contributed by atoms with Gasteiger partial charge < -0.3 is 4.55 Å². The molecule has 0 saturated carbocycles. The summed E-state index contributed by atoms with van der Waals surface area (Å²) in [5.41, 5.74) is 2.09. The van der Waals surface area contributed by atoms with Gasteiger partial charge in [-0.3, -0.25) is 9.48 Å². The molecular formula is C26H27FN6O2S2. The maximum atomic E-state index is 14.1. The summed E-state index contributed by atoms with van der Waals surface area (Å²) in [6.45, 7) is 3.84. The van der Waals surface area contributed by atoms with Gasteiger partial charge in [0.05, 0.1) is 41.4 Å². The number of aromatic nitrogens is 5. The van der Waals surface area contributed by atoms with Gasteiger partial charge in [0.15, 0.2) is 10.8 Å². The Hall–Kier alpha value is -2.86. The van der Waals surface area contributed by atoms with E-state index in [1.54, 1.807) is 24.5 Å². The number of fused-ring (bicyclic) bond motifs is 2. The average molecular weight is 539 g/mol. The van der Waals surface area contributed by atoms with E-state index in [0.717, 1.165) is 36.3 Å². The van der Waals surface area contributed by atoms with Gasteiger partial charge >= 0.3 is 0 Å². The molecule has 1 aromatic carbocycles. The highest BCUT2D eigenvalue weighted by Crippen LogP contribution is 2.48. The van der Waals surface area contributed by atoms with Crippen molar-refractivity contribution in [2.45, 2.75) is 44.0 Å². The molecule has 0 amide bonds. The SMILES string of the molecule is CCCn1cc([S+]([O-])N2CCC3Cc4c(cnn4-c4ccc(F)cc4)CC3(C(=O)c3nccs3)C2)cn1. The molecule has 3 unspecified atom stereocenters. The predicted octanol–water partition coefficient (Wildman–Crippen LogP) is 4.09. The fourth-order valence-corrected chi connectivity index (χ4v) is 7.66. The van der Waals surface area contributed by atoms with Crippen LogP contribution in [0.25, 0.3) is 5.69 Å². The van der Waals surface area contributed by atoms with E-state index < -0.39 is 16.8 Å². The number of nitrogens with zero attached hydrogens (tertiary/aromatic N) is 6. The van der Waals surface area contributed by atoms with E-state index in [-0.39, 0.29) is 17.5 Å². The Balaban J connectivity index is 1.35. The first-order valence-corrected chi connectivity index (χ1v) is 14.4. The summed E-state index contributed by atoms with van der Waals surface area (Å²) in [6, 6.07) is 6.29. The molecule has 3 aromatic heterocycles. The van der Waals surface area contributed by atoms with Crippen molar-refractivity contribution in [3.63, 3.8) is 0 Å². The predicted molar refractivity (Wildman–Crippen MR) is 138 cm³/mol. The van der Waals surface area contributed by atoms with Gasteiger partial charge in [0, 0.05) is 30.4 Å². The number of Topliss-reactive ketones (excluding diaryl/α,β-unsaturated/α-hetero) is 1. The second kappa shape index (κ2) is 9.79. The minimum Gasteiger partial charge on any atom is -0.593 e. The number of thiazole rings is 1. The first-order chi connectivity index (χ1) is 18.0. The van der Waals surface area contributed by atoms with Crippen molar-refractivity contribution in [3.8, 4) is 5.69 Å². The zero-order valence-corrected chi connectivity index (χ0v) is 22.1. The fraction of sp³-hybridized carbons (Fsp3) is 0.385. The Morgan fingerprint density at radius 1 is 1.27 bits per heavy atom. The Kier molecular flexibility index (Phi) is 6.47. The summed E-state index contributed by atoms with van der Waals surface area (Å²) in [5, 5.41) is 11.3. The number of benzene rings is 1. The highest BCUT2D eigenvalue weighted by molar-refractivity contribution is 7.89. The summed E-state index contributed by atoms with van der Waals surface area (Å²) in [4.78, 5) is 19.1. The summed E-state index contributed by atoms with van der Waals surface area (Å²) >= 11 is -0.0671. The van der Waals surface area contributed by atoms with Crippen LogP contribution < -0.4 is 0 Å². The van der Waals surface area contributed by atoms with Gasteiger partial charge in [0.1, 0.15) is 12.0 Å². The molecule has 1 aliphatic heterocycles. The van der Waals surface area contributed by atoms with Gasteiger partial charge in [-0.1, -0.05) is 6.92 Å². The molecule has 0 bridgehead atoms. The number of hydrogen-bond acceptors (Lipinski definition) is 7. The van der Waals surface area contributed by atoms with Crippen LogP contribution in [-0.2, 0) is 30.7 Å². The third-order valence-electron chi connectivity index (χ3n) is 7.52. The number of halogens is 1. The molecule has 3 atom stereocenters. The molecule has 8 nitrogen and oxygen atoms in total. The van der Waals surface area contributed by atoms with Crippen molar-refractivity contribution in [1.82, 2.24) is 28.9 Å². The first-order valence-electron chi connectivity index (χ1n) is 12.4. The monoisotopic (exact) mass is 538 g/mol. The molecule has 0 radical (unpaired) electrons. The van der Waals surface area contributed by atoms with Gasteiger partial charge in [0.25, 0.3) is 0 Å². The molecular weight excluding hydrogens is 511 g/mol. The van der Waals surface area contributed by atoms with Crippen LogP contribution in [0, 0.1) is 17.2 Å². The fourth-order valence-electron chi connectivity index (χ4n) is 5.71. The molecule has 1 fully saturated rings. The van der Waals surface area contributed by atoms with Gasteiger partial charge in [-0.05, 0) is 61.4 Å². The molecule has 1 aliphatic carbocycles. The summed E-state index contributed by atoms with van der Waals surface area (Å²) < 4.78 is 32.7. The summed E-state index contributed by atoms with van der Waals surface area (Å²) in [6.07, 6.45) is 9.81. The van der Waals surface area contributed by atoms with E-state index in [1.807, 2.05) is 31.4 Å². The minimum atomic E-state index is -1.42. The second-order valence-electron chi connectivity index (χ2n) is 9.75. The van der Waals surface area contributed by atoms with Crippen LogP contribution in [0.2, 0.25) is 0 Å². The minimum absolute atomic E-state index is 0.0102. The van der Waals surface area contributed by atoms with Crippen molar-refractivity contribution in [2.24, 2.45) is 11.3 Å². The molecule has 4 heterocycles. The van der Waals surface area contributed by atoms with Gasteiger partial charge in [0.2, 0.25) is 4.90 Å². The van der Waals surface area contributed by atoms with Crippen LogP contribution in [0.3, 0.4) is 0 Å². The van der Waals surface area contributed by atoms with Crippen molar-refractivity contribution in [3.05, 3.63) is 76.5 Å². The number of carbonyl (C=O) groups is 1. The average Bonchev–Trinajstić information content (AvgIpc) is 3.68. The molecule has 4 aromatic rings. The van der Waals surface area contributed by atoms with Gasteiger partial charge in [-0.2, -0.15) is 10.2 Å². The van der Waals surface area contributed by atoms with E-state index in [9.17, 15) is 13.7 Å². The normalized spacial score (nSPS) is 22.4. The van der Waals surface area contributed by atoms with Crippen LogP contribution in [0.1, 0.15) is 40.8 Å². The maximum Gasteiger partial charge on any atom is 0.211 e. The van der Waals surface area contributed by atoms with Gasteiger partial charge in [-0.15, -0.1) is 15.6 Å². The van der Waals surface area contributed by atoms with E-state index in [4.69, 9.17) is 0 Å². The summed E-state index contributed by atoms with van der Waals surface area (Å²) in [5.74, 6) is -0.238. The lowest BCUT2D eigenvalue weighted by Crippen LogP contribution is -2.57. The van der Waals surface area contributed by atoms with Gasteiger partial charge in [-0.25, -0.2) is 14.1 Å². The highest BCUT2D eigenvalue weighted by Gasteiger charge is 2.55. The number of hydrogen-bond donors (Lipinski definition) is 0. The molecule has 0 spiro atoms. The Labute approximate surface area is 221 Å². The lowest BCUT2D eigenvalue weighted by atomic mass is 9.61. The quantitative estimate of drug-likeness (QED) is 0.260. The molecule has 0 N–H and O–H groups in total. The Bertz CT molecular complexity index is 1400. The maximum absolute atomic E-state index is 14.1. The number of ketones is 1. The van der Waals surface area contributed by atoms with E-state index >= 15 is 0 Å². The Morgan fingerprint density at radius 2 is 2.11 bits per heavy atom. The zero-order chi connectivity index (χ0) is 25.6. The largest absolute Gasteiger partial charge is 0.593 e. The van der Waals surface area contributed by atoms with Crippen LogP contribution in [0.5, 0.6) is 0 Å². The van der Waals surface area contributed by atoms with Crippen molar-refractivity contribution >= 4 is 28.5 Å². The highest BCUT2D eigenvalue weighted by atomic mass is 32.2. The molecule has 1 saturated heterocycles. The van der Waals surface area contributed by atoms with E-state index in [1.165, 1.54) is 23.5 Å². The lowest BCUT2D eigenvalue weighted by molar-refractivity contribution is 0.0399. The Morgan fingerprint density at radius 3 is 2.86 bits per heavy atom. The number of carbonyl (C=O) groups excluding carboxylic acids is 1. The van der Waals surface area contributed by atoms with E-state index in [0.29, 0.717) is 35.8 Å². The van der Waals surface area contributed by atoms with Crippen LogP contribution in [-0.4, -0.2) is 52.3 Å². The molecule has 37 heavy (non-hydrogen) atoms. The van der Waals surface area contributed by atoms with Crippen molar-refractivity contribution in [1.29, 1.82) is 0 Å². The number of aryl methyl sites for hydroxylation is 1. The smallest absolute Gasteiger partial charge is 0.211 e. The van der Waals surface area contributed by atoms with Crippen LogP contribution >= 0.6 is 11.3 Å². The van der Waals surface area contributed by atoms with E-state index in [2.05, 4.69) is 22.1 Å². The number of piperidine rings is 1. The number of rotatable bonds is 7. The third-order valence-corrected chi connectivity index (χ3v) is 9.68. The second-order valence-corrected chi connectivity index (χ2v) is 12.1. The third kappa shape index (κ3) is 4.33. The van der Waals surface area contributed by atoms with Crippen molar-refractivity contribution < 1.29 is 13.7 Å². The zero-order valence-electron chi connectivity index (χ0n) is 20.4. The summed E-state index contributed by atoms with van der Waals surface area (Å²) in [7, 11) is 0. The topological polar surface area (TPSA) is 91.9 Å². The standard InChI is InChI=1S/C26H27FN6O2S2/c1-2-9-31-16-22(15-29-31)37(35)32-10-7-19-12-23-18(14-30-33(23)21-5-3-20(27)4-6-21)13-26(19,17-32)24(34)25-28-8-11-36-25/h3-6,8,11,14-16,19H,2,7,9-10,12-13,17H2,1H3. The molecule has 11 heteroatoms. The molecule has 6 rings (SSSR count).